The van der Waals surface area contributed by atoms with Gasteiger partial charge < -0.3 is 15.0 Å². The third-order valence-corrected chi connectivity index (χ3v) is 3.28. The molecule has 5 heteroatoms. The van der Waals surface area contributed by atoms with Gasteiger partial charge in [-0.1, -0.05) is 0 Å². The Kier molecular flexibility index (Phi) is 4.94. The van der Waals surface area contributed by atoms with Crippen molar-refractivity contribution in [1.82, 2.24) is 15.5 Å². The Bertz CT molecular complexity index is 413. The SMILES string of the molecule is CC1CN(c2ccc(CNC(C)(C)C)nn2)CCCO1. The molecule has 2 heterocycles. The minimum Gasteiger partial charge on any atom is -0.377 e. The highest BCUT2D eigenvalue weighted by atomic mass is 16.5. The van der Waals surface area contributed by atoms with Crippen molar-refractivity contribution in [2.45, 2.75) is 52.3 Å². The van der Waals surface area contributed by atoms with Gasteiger partial charge in [-0.3, -0.25) is 0 Å². The zero-order valence-electron chi connectivity index (χ0n) is 13.0. The molecule has 1 aliphatic rings. The molecule has 0 bridgehead atoms. The van der Waals surface area contributed by atoms with Crippen molar-refractivity contribution in [2.24, 2.45) is 0 Å². The normalized spacial score (nSPS) is 20.8. The highest BCUT2D eigenvalue weighted by molar-refractivity contribution is 5.37. The molecular weight excluding hydrogens is 252 g/mol. The molecule has 1 aromatic heterocycles. The predicted octanol–water partition coefficient (Wildman–Crippen LogP) is 1.98. The van der Waals surface area contributed by atoms with E-state index in [2.05, 4.69) is 60.2 Å². The average Bonchev–Trinajstić information content (AvgIpc) is 2.61. The van der Waals surface area contributed by atoms with Crippen LogP contribution in [0.4, 0.5) is 5.82 Å². The number of anilines is 1. The van der Waals surface area contributed by atoms with E-state index in [9.17, 15) is 0 Å². The number of hydrogen-bond donors (Lipinski definition) is 1. The molecule has 0 aromatic carbocycles. The van der Waals surface area contributed by atoms with Gasteiger partial charge in [0.15, 0.2) is 5.82 Å². The number of ether oxygens (including phenoxy) is 1. The van der Waals surface area contributed by atoms with Crippen LogP contribution in [-0.2, 0) is 11.3 Å². The maximum absolute atomic E-state index is 5.65. The Morgan fingerprint density at radius 1 is 1.35 bits per heavy atom. The first kappa shape index (κ1) is 15.2. The van der Waals surface area contributed by atoms with Gasteiger partial charge in [-0.05, 0) is 46.2 Å². The molecule has 0 spiro atoms. The summed E-state index contributed by atoms with van der Waals surface area (Å²) in [6.07, 6.45) is 1.29. The van der Waals surface area contributed by atoms with Crippen LogP contribution < -0.4 is 10.2 Å². The summed E-state index contributed by atoms with van der Waals surface area (Å²) in [5.74, 6) is 0.946. The third kappa shape index (κ3) is 4.72. The van der Waals surface area contributed by atoms with E-state index in [0.29, 0.717) is 0 Å². The topological polar surface area (TPSA) is 50.3 Å². The molecule has 1 fully saturated rings. The minimum absolute atomic E-state index is 0.0951. The maximum Gasteiger partial charge on any atom is 0.151 e. The maximum atomic E-state index is 5.65. The smallest absolute Gasteiger partial charge is 0.151 e. The summed E-state index contributed by atoms with van der Waals surface area (Å²) in [4.78, 5) is 2.26. The van der Waals surface area contributed by atoms with Crippen LogP contribution in [0.5, 0.6) is 0 Å². The van der Waals surface area contributed by atoms with Crippen molar-refractivity contribution in [2.75, 3.05) is 24.6 Å². The molecule has 0 amide bonds. The minimum atomic E-state index is 0.0951. The van der Waals surface area contributed by atoms with Crippen molar-refractivity contribution in [3.05, 3.63) is 17.8 Å². The van der Waals surface area contributed by atoms with Crippen LogP contribution in [0.3, 0.4) is 0 Å². The molecule has 1 unspecified atom stereocenters. The van der Waals surface area contributed by atoms with Crippen molar-refractivity contribution in [3.8, 4) is 0 Å². The van der Waals surface area contributed by atoms with Crippen molar-refractivity contribution >= 4 is 5.82 Å². The molecule has 0 aliphatic carbocycles. The Morgan fingerprint density at radius 3 is 2.80 bits per heavy atom. The molecule has 0 saturated carbocycles. The van der Waals surface area contributed by atoms with E-state index in [0.717, 1.165) is 44.2 Å². The van der Waals surface area contributed by atoms with Crippen molar-refractivity contribution < 1.29 is 4.74 Å². The lowest BCUT2D eigenvalue weighted by Gasteiger charge is -2.23. The summed E-state index contributed by atoms with van der Waals surface area (Å²) in [6, 6.07) is 4.11. The lowest BCUT2D eigenvalue weighted by molar-refractivity contribution is 0.0820. The number of nitrogens with one attached hydrogen (secondary N) is 1. The van der Waals surface area contributed by atoms with E-state index < -0.39 is 0 Å². The quantitative estimate of drug-likeness (QED) is 0.916. The zero-order chi connectivity index (χ0) is 14.6. The van der Waals surface area contributed by atoms with Crippen molar-refractivity contribution in [1.29, 1.82) is 0 Å². The summed E-state index contributed by atoms with van der Waals surface area (Å²) in [5, 5.41) is 12.1. The fourth-order valence-electron chi connectivity index (χ4n) is 2.17. The summed E-state index contributed by atoms with van der Waals surface area (Å²) in [5.41, 5.74) is 1.07. The van der Waals surface area contributed by atoms with E-state index in [-0.39, 0.29) is 11.6 Å². The van der Waals surface area contributed by atoms with Crippen LogP contribution in [0.25, 0.3) is 0 Å². The zero-order valence-corrected chi connectivity index (χ0v) is 13.0. The molecule has 5 nitrogen and oxygen atoms in total. The van der Waals surface area contributed by atoms with Crippen LogP contribution >= 0.6 is 0 Å². The summed E-state index contributed by atoms with van der Waals surface area (Å²) >= 11 is 0. The lowest BCUT2D eigenvalue weighted by atomic mass is 10.1. The average molecular weight is 278 g/mol. The van der Waals surface area contributed by atoms with Gasteiger partial charge in [0.05, 0.1) is 11.8 Å². The molecule has 112 valence electrons. The van der Waals surface area contributed by atoms with Gasteiger partial charge in [0.25, 0.3) is 0 Å². The molecule has 20 heavy (non-hydrogen) atoms. The van der Waals surface area contributed by atoms with Crippen LogP contribution in [0.1, 0.15) is 39.8 Å². The van der Waals surface area contributed by atoms with Gasteiger partial charge in [-0.25, -0.2) is 0 Å². The van der Waals surface area contributed by atoms with Crippen LogP contribution in [0.15, 0.2) is 12.1 Å². The van der Waals surface area contributed by atoms with E-state index in [4.69, 9.17) is 4.74 Å². The summed E-state index contributed by atoms with van der Waals surface area (Å²) < 4.78 is 5.65. The third-order valence-electron chi connectivity index (χ3n) is 3.28. The van der Waals surface area contributed by atoms with Gasteiger partial charge in [0.2, 0.25) is 0 Å². The first-order chi connectivity index (χ1) is 9.44. The molecule has 1 aromatic rings. The second-order valence-corrected chi connectivity index (χ2v) is 6.47. The Hall–Kier alpha value is -1.20. The van der Waals surface area contributed by atoms with Crippen LogP contribution in [-0.4, -0.2) is 41.5 Å². The number of nitrogens with zero attached hydrogens (tertiary/aromatic N) is 3. The molecule has 1 atom stereocenters. The highest BCUT2D eigenvalue weighted by Crippen LogP contribution is 2.14. The molecular formula is C15H26N4O. The first-order valence-electron chi connectivity index (χ1n) is 7.38. The fraction of sp³-hybridized carbons (Fsp3) is 0.733. The van der Waals surface area contributed by atoms with E-state index in [1.54, 1.807) is 0 Å². The molecule has 1 N–H and O–H groups in total. The largest absolute Gasteiger partial charge is 0.377 e. The molecule has 1 saturated heterocycles. The summed E-state index contributed by atoms with van der Waals surface area (Å²) in [7, 11) is 0. The fourth-order valence-corrected chi connectivity index (χ4v) is 2.17. The lowest BCUT2D eigenvalue weighted by Crippen LogP contribution is -2.35. The van der Waals surface area contributed by atoms with Gasteiger partial charge in [0, 0.05) is 31.8 Å². The Balaban J connectivity index is 1.96. The summed E-state index contributed by atoms with van der Waals surface area (Å²) in [6.45, 7) is 12.0. The highest BCUT2D eigenvalue weighted by Gasteiger charge is 2.17. The predicted molar refractivity (Wildman–Crippen MR) is 80.9 cm³/mol. The standard InChI is InChI=1S/C15H26N4O/c1-12-11-19(8-5-9-20-12)14-7-6-13(17-18-14)10-16-15(2,3)4/h6-7,12,16H,5,8-11H2,1-4H3. The van der Waals surface area contributed by atoms with E-state index in [1.165, 1.54) is 0 Å². The van der Waals surface area contributed by atoms with Crippen molar-refractivity contribution in [3.63, 3.8) is 0 Å². The molecule has 0 radical (unpaired) electrons. The second-order valence-electron chi connectivity index (χ2n) is 6.47. The Morgan fingerprint density at radius 2 is 2.15 bits per heavy atom. The van der Waals surface area contributed by atoms with Gasteiger partial charge in [0.1, 0.15) is 0 Å². The van der Waals surface area contributed by atoms with Crippen LogP contribution in [0, 0.1) is 0 Å². The molecule has 1 aliphatic heterocycles. The van der Waals surface area contributed by atoms with E-state index in [1.807, 2.05) is 0 Å². The van der Waals surface area contributed by atoms with E-state index >= 15 is 0 Å². The van der Waals surface area contributed by atoms with Gasteiger partial charge in [-0.15, -0.1) is 5.10 Å². The number of aromatic nitrogens is 2. The molecule has 2 rings (SSSR count). The Labute approximate surface area is 121 Å². The second kappa shape index (κ2) is 6.50. The number of rotatable bonds is 3. The van der Waals surface area contributed by atoms with Crippen LogP contribution in [0.2, 0.25) is 0 Å². The first-order valence-corrected chi connectivity index (χ1v) is 7.38. The van der Waals surface area contributed by atoms with Gasteiger partial charge in [-0.2, -0.15) is 5.10 Å². The number of hydrogen-bond acceptors (Lipinski definition) is 5. The monoisotopic (exact) mass is 278 g/mol. The van der Waals surface area contributed by atoms with Gasteiger partial charge >= 0.3 is 0 Å².